The maximum atomic E-state index is 8.40. The zero-order valence-electron chi connectivity index (χ0n) is 8.76. The van der Waals surface area contributed by atoms with E-state index in [0.29, 0.717) is 11.0 Å². The molecule has 0 saturated carbocycles. The minimum atomic E-state index is 0.539. The number of thiazole rings is 1. The zero-order chi connectivity index (χ0) is 11.8. The van der Waals surface area contributed by atoms with Gasteiger partial charge in [-0.15, -0.1) is 11.3 Å². The van der Waals surface area contributed by atoms with Crippen LogP contribution in [0.5, 0.6) is 0 Å². The fourth-order valence-corrected chi connectivity index (χ4v) is 2.47. The maximum Gasteiger partial charge on any atom is 0.207 e. The average Bonchev–Trinajstić information content (AvgIpc) is 2.68. The van der Waals surface area contributed by atoms with Crippen molar-refractivity contribution in [3.05, 3.63) is 15.5 Å². The largest absolute Gasteiger partial charge is 0.356 e. The zero-order valence-corrected chi connectivity index (χ0v) is 11.1. The highest BCUT2D eigenvalue weighted by Gasteiger charge is 2.05. The third kappa shape index (κ3) is 4.84. The van der Waals surface area contributed by atoms with E-state index in [4.69, 9.17) is 16.9 Å². The number of hydrogen-bond donors (Lipinski definition) is 0. The van der Waals surface area contributed by atoms with Gasteiger partial charge in [0, 0.05) is 23.4 Å². The van der Waals surface area contributed by atoms with Gasteiger partial charge in [0.25, 0.3) is 0 Å². The lowest BCUT2D eigenvalue weighted by atomic mass is 10.5. The lowest BCUT2D eigenvalue weighted by Crippen LogP contribution is -2.23. The van der Waals surface area contributed by atoms with E-state index in [1.165, 1.54) is 11.3 Å². The highest BCUT2D eigenvalue weighted by Crippen LogP contribution is 2.18. The van der Waals surface area contributed by atoms with Crippen molar-refractivity contribution in [1.29, 1.82) is 5.26 Å². The van der Waals surface area contributed by atoms with E-state index in [9.17, 15) is 0 Å². The van der Waals surface area contributed by atoms with Crippen LogP contribution in [0.4, 0.5) is 0 Å². The van der Waals surface area contributed by atoms with E-state index in [2.05, 4.69) is 9.98 Å². The Morgan fingerprint density at radius 1 is 1.81 bits per heavy atom. The molecular weight excluding hydrogens is 264 g/mol. The molecule has 0 N–H and O–H groups in total. The molecule has 0 aromatic carbocycles. The van der Waals surface area contributed by atoms with Crippen LogP contribution in [0.1, 0.15) is 4.88 Å². The van der Waals surface area contributed by atoms with Gasteiger partial charge in [-0.3, -0.25) is 0 Å². The van der Waals surface area contributed by atoms with Crippen LogP contribution < -0.4 is 0 Å². The van der Waals surface area contributed by atoms with Crippen LogP contribution in [0.3, 0.4) is 0 Å². The molecule has 0 radical (unpaired) electrons. The van der Waals surface area contributed by atoms with Crippen molar-refractivity contribution in [1.82, 2.24) is 9.88 Å². The van der Waals surface area contributed by atoms with Crippen molar-refractivity contribution in [2.24, 2.45) is 4.99 Å². The molecule has 0 bridgehead atoms. The van der Waals surface area contributed by atoms with Crippen LogP contribution in [0.2, 0.25) is 4.47 Å². The number of hydrogen-bond acceptors (Lipinski definition) is 5. The summed E-state index contributed by atoms with van der Waals surface area (Å²) >= 11 is 8.95. The van der Waals surface area contributed by atoms with E-state index in [0.717, 1.165) is 17.2 Å². The summed E-state index contributed by atoms with van der Waals surface area (Å²) in [6.45, 7) is 1.54. The Labute approximate surface area is 108 Å². The average molecular weight is 275 g/mol. The van der Waals surface area contributed by atoms with Crippen LogP contribution in [0, 0.1) is 11.5 Å². The van der Waals surface area contributed by atoms with Crippen LogP contribution >= 0.6 is 34.7 Å². The molecular formula is C9H11ClN4S2. The summed E-state index contributed by atoms with van der Waals surface area (Å²) in [6.07, 6.45) is 7.10. The van der Waals surface area contributed by atoms with Crippen LogP contribution in [0.15, 0.2) is 11.2 Å². The Morgan fingerprint density at radius 3 is 3.19 bits per heavy atom. The molecule has 0 aliphatic rings. The summed E-state index contributed by atoms with van der Waals surface area (Å²) in [5.41, 5.74) is 0. The summed E-state index contributed by atoms with van der Waals surface area (Å²) in [6, 6.07) is 0. The summed E-state index contributed by atoms with van der Waals surface area (Å²) in [7, 11) is 0. The number of halogens is 1. The molecule has 1 heterocycles. The van der Waals surface area contributed by atoms with Crippen molar-refractivity contribution in [2.75, 3.05) is 18.6 Å². The molecule has 86 valence electrons. The second-order valence-electron chi connectivity index (χ2n) is 2.89. The Kier molecular flexibility index (Phi) is 6.23. The maximum absolute atomic E-state index is 8.40. The molecule has 4 nitrogen and oxygen atoms in total. The molecule has 7 heteroatoms. The van der Waals surface area contributed by atoms with Gasteiger partial charge >= 0.3 is 0 Å². The quantitative estimate of drug-likeness (QED) is 0.454. The molecule has 0 aliphatic carbocycles. The molecule has 1 aromatic rings. The van der Waals surface area contributed by atoms with E-state index in [1.807, 2.05) is 11.2 Å². The van der Waals surface area contributed by atoms with Gasteiger partial charge in [-0.25, -0.2) is 4.98 Å². The van der Waals surface area contributed by atoms with Crippen LogP contribution in [-0.4, -0.2) is 34.8 Å². The smallest absolute Gasteiger partial charge is 0.207 e. The molecule has 0 unspecified atom stereocenters. The second kappa shape index (κ2) is 7.49. The molecule has 0 aliphatic heterocycles. The fourth-order valence-electron chi connectivity index (χ4n) is 1.05. The first kappa shape index (κ1) is 13.3. The Morgan fingerprint density at radius 2 is 2.62 bits per heavy atom. The second-order valence-corrected chi connectivity index (χ2v) is 5.57. The summed E-state index contributed by atoms with van der Waals surface area (Å²) < 4.78 is 0.539. The van der Waals surface area contributed by atoms with Crippen molar-refractivity contribution in [2.45, 2.75) is 6.54 Å². The van der Waals surface area contributed by atoms with Crippen molar-refractivity contribution >= 4 is 41.0 Å². The van der Waals surface area contributed by atoms with Gasteiger partial charge in [-0.05, 0) is 6.26 Å². The number of nitrogens with zero attached hydrogens (tertiary/aromatic N) is 4. The minimum absolute atomic E-state index is 0.539. The SMILES string of the molecule is CSCCN(C=NC#N)Cc1cnc(Cl)s1. The third-order valence-electron chi connectivity index (χ3n) is 1.75. The predicted molar refractivity (Wildman–Crippen MR) is 70.0 cm³/mol. The predicted octanol–water partition coefficient (Wildman–Crippen LogP) is 2.47. The van der Waals surface area contributed by atoms with Gasteiger partial charge in [0.15, 0.2) is 4.47 Å². The molecule has 0 spiro atoms. The first-order valence-electron chi connectivity index (χ1n) is 4.51. The standard InChI is InChI=1S/C9H11ClN4S2/c1-15-3-2-14(7-12-6-11)5-8-4-13-9(10)16-8/h4,7H,2-3,5H2,1H3. The molecule has 0 amide bonds. The monoisotopic (exact) mass is 274 g/mol. The Bertz CT molecular complexity index is 385. The number of aliphatic imine (C=N–C) groups is 1. The minimum Gasteiger partial charge on any atom is -0.356 e. The van der Waals surface area contributed by atoms with Gasteiger partial charge in [-0.2, -0.15) is 22.0 Å². The summed E-state index contributed by atoms with van der Waals surface area (Å²) in [5.74, 6) is 0.990. The van der Waals surface area contributed by atoms with Gasteiger partial charge < -0.3 is 4.90 Å². The molecule has 16 heavy (non-hydrogen) atoms. The summed E-state index contributed by atoms with van der Waals surface area (Å²) in [5, 5.41) is 8.40. The van der Waals surface area contributed by atoms with Gasteiger partial charge in [0.2, 0.25) is 6.19 Å². The van der Waals surface area contributed by atoms with Gasteiger partial charge in [0.05, 0.1) is 6.54 Å². The number of nitriles is 1. The van der Waals surface area contributed by atoms with E-state index in [1.54, 1.807) is 30.5 Å². The number of rotatable bonds is 6. The highest BCUT2D eigenvalue weighted by molar-refractivity contribution is 7.98. The topological polar surface area (TPSA) is 52.3 Å². The third-order valence-corrected chi connectivity index (χ3v) is 3.44. The number of thioether (sulfide) groups is 1. The highest BCUT2D eigenvalue weighted by atomic mass is 35.5. The normalized spacial score (nSPS) is 10.6. The Balaban J connectivity index is 2.56. The fraction of sp³-hybridized carbons (Fsp3) is 0.444. The van der Waals surface area contributed by atoms with Gasteiger partial charge in [0.1, 0.15) is 6.34 Å². The lowest BCUT2D eigenvalue weighted by Gasteiger charge is -2.16. The first-order valence-corrected chi connectivity index (χ1v) is 7.10. The summed E-state index contributed by atoms with van der Waals surface area (Å²) in [4.78, 5) is 10.6. The van der Waals surface area contributed by atoms with Gasteiger partial charge in [-0.1, -0.05) is 11.6 Å². The number of aromatic nitrogens is 1. The first-order chi connectivity index (χ1) is 7.76. The lowest BCUT2D eigenvalue weighted by molar-refractivity contribution is 0.456. The molecule has 0 saturated heterocycles. The van der Waals surface area contributed by atoms with Crippen molar-refractivity contribution < 1.29 is 0 Å². The van der Waals surface area contributed by atoms with Crippen LogP contribution in [0.25, 0.3) is 0 Å². The van der Waals surface area contributed by atoms with Crippen molar-refractivity contribution in [3.8, 4) is 6.19 Å². The Hall–Kier alpha value is -0.770. The van der Waals surface area contributed by atoms with E-state index < -0.39 is 0 Å². The molecule has 1 aromatic heterocycles. The van der Waals surface area contributed by atoms with E-state index >= 15 is 0 Å². The molecule has 1 rings (SSSR count). The van der Waals surface area contributed by atoms with Crippen molar-refractivity contribution in [3.63, 3.8) is 0 Å². The van der Waals surface area contributed by atoms with E-state index in [-0.39, 0.29) is 0 Å². The van der Waals surface area contributed by atoms with Crippen LogP contribution in [-0.2, 0) is 6.54 Å². The molecule has 0 atom stereocenters. The molecule has 0 fully saturated rings.